The Morgan fingerprint density at radius 2 is 2.20 bits per heavy atom. The van der Waals surface area contributed by atoms with Crippen LogP contribution in [0.15, 0.2) is 12.3 Å². The number of aliphatic carboxylic acids is 1. The number of nitrogens with one attached hydrogen (secondary N) is 1. The Hall–Kier alpha value is -1.36. The monoisotopic (exact) mass is 209 g/mol. The quantitative estimate of drug-likeness (QED) is 0.779. The zero-order valence-corrected chi connectivity index (χ0v) is 8.52. The van der Waals surface area contributed by atoms with Crippen LogP contribution in [0.2, 0.25) is 0 Å². The minimum atomic E-state index is -0.804. The lowest BCUT2D eigenvalue weighted by atomic mass is 10.1. The maximum atomic E-state index is 11.2. The summed E-state index contributed by atoms with van der Waals surface area (Å²) in [4.78, 5) is 13.2. The molecule has 0 radical (unpaired) electrons. The Bertz CT molecular complexity index is 317. The van der Waals surface area contributed by atoms with Gasteiger partial charge in [0.25, 0.3) is 0 Å². The molecule has 0 saturated carbocycles. The van der Waals surface area contributed by atoms with Crippen LogP contribution in [0.5, 0.6) is 0 Å². The topological polar surface area (TPSA) is 69.2 Å². The van der Waals surface area contributed by atoms with E-state index >= 15 is 0 Å². The highest BCUT2D eigenvalue weighted by atomic mass is 16.4. The van der Waals surface area contributed by atoms with E-state index in [0.29, 0.717) is 5.69 Å². The summed E-state index contributed by atoms with van der Waals surface area (Å²) >= 11 is 0. The van der Waals surface area contributed by atoms with Crippen molar-refractivity contribution >= 4 is 5.97 Å². The summed E-state index contributed by atoms with van der Waals surface area (Å²) in [5, 5.41) is 15.8. The summed E-state index contributed by atoms with van der Waals surface area (Å²) in [7, 11) is 0. The van der Waals surface area contributed by atoms with E-state index in [-0.39, 0.29) is 0 Å². The van der Waals surface area contributed by atoms with E-state index in [2.05, 4.69) is 10.2 Å². The molecular formula is C10H15N3O2. The van der Waals surface area contributed by atoms with E-state index < -0.39 is 12.0 Å². The SMILES string of the molecule is O=C(O)C(c1ccn[nH]1)N1CCCCC1. The smallest absolute Gasteiger partial charge is 0.327 e. The Morgan fingerprint density at radius 3 is 2.73 bits per heavy atom. The van der Waals surface area contributed by atoms with E-state index in [1.165, 1.54) is 6.42 Å². The van der Waals surface area contributed by atoms with Crippen LogP contribution in [0, 0.1) is 0 Å². The number of nitrogens with zero attached hydrogens (tertiary/aromatic N) is 2. The summed E-state index contributed by atoms with van der Waals surface area (Å²) in [6.07, 6.45) is 4.96. The van der Waals surface area contributed by atoms with Gasteiger partial charge in [-0.05, 0) is 32.0 Å². The van der Waals surface area contributed by atoms with E-state index in [9.17, 15) is 9.90 Å². The fraction of sp³-hybridized carbons (Fsp3) is 0.600. The van der Waals surface area contributed by atoms with Gasteiger partial charge in [0, 0.05) is 6.20 Å². The third-order valence-corrected chi connectivity index (χ3v) is 2.81. The zero-order valence-electron chi connectivity index (χ0n) is 8.52. The number of rotatable bonds is 3. The first-order valence-electron chi connectivity index (χ1n) is 5.25. The van der Waals surface area contributed by atoms with Crippen molar-refractivity contribution in [2.24, 2.45) is 0 Å². The standard InChI is InChI=1S/C10H15N3O2/c14-10(15)9(8-4-5-11-12-8)13-6-2-1-3-7-13/h4-5,9H,1-3,6-7H2,(H,11,12)(H,14,15). The lowest BCUT2D eigenvalue weighted by Crippen LogP contribution is -2.38. The molecule has 1 atom stereocenters. The molecule has 1 unspecified atom stereocenters. The Kier molecular flexibility index (Phi) is 3.01. The third kappa shape index (κ3) is 2.18. The predicted molar refractivity (Wildman–Crippen MR) is 54.4 cm³/mol. The van der Waals surface area contributed by atoms with Gasteiger partial charge in [-0.2, -0.15) is 5.10 Å². The molecular weight excluding hydrogens is 194 g/mol. The van der Waals surface area contributed by atoms with E-state index in [0.717, 1.165) is 25.9 Å². The van der Waals surface area contributed by atoms with Gasteiger partial charge in [-0.3, -0.25) is 14.8 Å². The molecule has 5 heteroatoms. The highest BCUT2D eigenvalue weighted by molar-refractivity contribution is 5.74. The van der Waals surface area contributed by atoms with Crippen LogP contribution in [0.3, 0.4) is 0 Å². The number of H-pyrrole nitrogens is 1. The molecule has 1 fully saturated rings. The van der Waals surface area contributed by atoms with Crippen LogP contribution in [0.25, 0.3) is 0 Å². The summed E-state index contributed by atoms with van der Waals surface area (Å²) in [6, 6.07) is 1.17. The number of piperidine rings is 1. The van der Waals surface area contributed by atoms with Crippen molar-refractivity contribution in [1.82, 2.24) is 15.1 Å². The van der Waals surface area contributed by atoms with Crippen molar-refractivity contribution in [3.63, 3.8) is 0 Å². The van der Waals surface area contributed by atoms with Crippen molar-refractivity contribution in [3.8, 4) is 0 Å². The van der Waals surface area contributed by atoms with Gasteiger partial charge in [-0.15, -0.1) is 0 Å². The molecule has 0 spiro atoms. The summed E-state index contributed by atoms with van der Waals surface area (Å²) in [5.74, 6) is -0.804. The molecule has 5 nitrogen and oxygen atoms in total. The van der Waals surface area contributed by atoms with E-state index in [1.807, 2.05) is 4.90 Å². The minimum absolute atomic E-state index is 0.562. The fourth-order valence-corrected chi connectivity index (χ4v) is 2.08. The number of carboxylic acids is 1. The molecule has 0 bridgehead atoms. The normalized spacial score (nSPS) is 20.0. The number of carboxylic acid groups (broad SMARTS) is 1. The second-order valence-electron chi connectivity index (χ2n) is 3.85. The molecule has 15 heavy (non-hydrogen) atoms. The molecule has 2 rings (SSSR count). The fourth-order valence-electron chi connectivity index (χ4n) is 2.08. The zero-order chi connectivity index (χ0) is 10.7. The summed E-state index contributed by atoms with van der Waals surface area (Å²) in [6.45, 7) is 1.71. The van der Waals surface area contributed by atoms with Crippen LogP contribution in [0.4, 0.5) is 0 Å². The average Bonchev–Trinajstić information content (AvgIpc) is 2.72. The van der Waals surface area contributed by atoms with Gasteiger partial charge >= 0.3 is 5.97 Å². The van der Waals surface area contributed by atoms with Gasteiger partial charge in [-0.1, -0.05) is 6.42 Å². The molecule has 1 aromatic rings. The molecule has 1 aliphatic rings. The third-order valence-electron chi connectivity index (χ3n) is 2.81. The largest absolute Gasteiger partial charge is 0.480 e. The molecule has 0 aromatic carbocycles. The van der Waals surface area contributed by atoms with Gasteiger partial charge in [-0.25, -0.2) is 0 Å². The second kappa shape index (κ2) is 4.44. The van der Waals surface area contributed by atoms with E-state index in [4.69, 9.17) is 0 Å². The first kappa shape index (κ1) is 10.2. The van der Waals surface area contributed by atoms with Gasteiger partial charge in [0.1, 0.15) is 0 Å². The average molecular weight is 209 g/mol. The molecule has 1 aromatic heterocycles. The van der Waals surface area contributed by atoms with Gasteiger partial charge in [0.2, 0.25) is 0 Å². The first-order chi connectivity index (χ1) is 7.29. The van der Waals surface area contributed by atoms with Gasteiger partial charge in [0.15, 0.2) is 6.04 Å². The number of carbonyl (C=O) groups is 1. The lowest BCUT2D eigenvalue weighted by molar-refractivity contribution is -0.144. The van der Waals surface area contributed by atoms with Crippen LogP contribution < -0.4 is 0 Å². The van der Waals surface area contributed by atoms with Crippen molar-refractivity contribution in [3.05, 3.63) is 18.0 Å². The maximum Gasteiger partial charge on any atom is 0.327 e. The summed E-state index contributed by atoms with van der Waals surface area (Å²) in [5.41, 5.74) is 0.671. The molecule has 2 heterocycles. The van der Waals surface area contributed by atoms with Crippen LogP contribution in [-0.2, 0) is 4.79 Å². The Labute approximate surface area is 88.1 Å². The van der Waals surface area contributed by atoms with Crippen LogP contribution in [-0.4, -0.2) is 39.3 Å². The van der Waals surface area contributed by atoms with Gasteiger partial charge in [0.05, 0.1) is 5.69 Å². The molecule has 1 aliphatic heterocycles. The highest BCUT2D eigenvalue weighted by Gasteiger charge is 2.29. The molecule has 2 N–H and O–H groups in total. The van der Waals surface area contributed by atoms with Crippen LogP contribution >= 0.6 is 0 Å². The van der Waals surface area contributed by atoms with Crippen molar-refractivity contribution in [2.45, 2.75) is 25.3 Å². The molecule has 0 amide bonds. The van der Waals surface area contributed by atoms with Crippen LogP contribution in [0.1, 0.15) is 31.0 Å². The Balaban J connectivity index is 2.15. The number of hydrogen-bond acceptors (Lipinski definition) is 3. The molecule has 82 valence electrons. The van der Waals surface area contributed by atoms with Crippen molar-refractivity contribution in [2.75, 3.05) is 13.1 Å². The number of aromatic amines is 1. The minimum Gasteiger partial charge on any atom is -0.480 e. The maximum absolute atomic E-state index is 11.2. The predicted octanol–water partition coefficient (Wildman–Crippen LogP) is 1.02. The number of likely N-dealkylation sites (tertiary alicyclic amines) is 1. The van der Waals surface area contributed by atoms with Gasteiger partial charge < -0.3 is 5.11 Å². The first-order valence-corrected chi connectivity index (χ1v) is 5.25. The van der Waals surface area contributed by atoms with Crippen molar-refractivity contribution in [1.29, 1.82) is 0 Å². The molecule has 1 saturated heterocycles. The van der Waals surface area contributed by atoms with Crippen molar-refractivity contribution < 1.29 is 9.90 Å². The lowest BCUT2D eigenvalue weighted by Gasteiger charge is -2.31. The number of aromatic nitrogens is 2. The summed E-state index contributed by atoms with van der Waals surface area (Å²) < 4.78 is 0. The highest BCUT2D eigenvalue weighted by Crippen LogP contribution is 2.23. The second-order valence-corrected chi connectivity index (χ2v) is 3.85. The number of hydrogen-bond donors (Lipinski definition) is 2. The Morgan fingerprint density at radius 1 is 1.47 bits per heavy atom. The molecule has 0 aliphatic carbocycles. The van der Waals surface area contributed by atoms with E-state index in [1.54, 1.807) is 12.3 Å².